The summed E-state index contributed by atoms with van der Waals surface area (Å²) in [6, 6.07) is 3.83. The molecule has 0 bridgehead atoms. The third kappa shape index (κ3) is 3.28. The Balaban J connectivity index is 1.79. The van der Waals surface area contributed by atoms with Crippen molar-refractivity contribution >= 4 is 17.2 Å². The molecule has 2 heterocycles. The first kappa shape index (κ1) is 12.5. The Labute approximate surface area is 105 Å². The Morgan fingerprint density at radius 3 is 3.18 bits per heavy atom. The second-order valence-corrected chi connectivity index (χ2v) is 5.44. The molecule has 1 aliphatic heterocycles. The number of thiophene rings is 1. The largest absolute Gasteiger partial charge is 0.392 e. The molecule has 0 saturated carbocycles. The van der Waals surface area contributed by atoms with Crippen molar-refractivity contribution in [3.63, 3.8) is 0 Å². The van der Waals surface area contributed by atoms with E-state index in [1.54, 1.807) is 11.3 Å². The topological polar surface area (TPSA) is 52.6 Å². The molecule has 0 radical (unpaired) electrons. The Morgan fingerprint density at radius 2 is 2.59 bits per heavy atom. The van der Waals surface area contributed by atoms with Crippen LogP contribution in [0.15, 0.2) is 17.5 Å². The standard InChI is InChI=1S/C12H18N2O2S/c1-9(14-5-4-10(15)8-14)12(16)13-7-11-3-2-6-17-11/h2-3,6,9-10,15H,4-5,7-8H2,1H3,(H,13,16)/t9?,10-/m0/s1. The summed E-state index contributed by atoms with van der Waals surface area (Å²) in [5, 5.41) is 14.4. The summed E-state index contributed by atoms with van der Waals surface area (Å²) in [5.74, 6) is 0.0347. The van der Waals surface area contributed by atoms with Gasteiger partial charge in [0, 0.05) is 18.0 Å². The summed E-state index contributed by atoms with van der Waals surface area (Å²) in [5.41, 5.74) is 0. The summed E-state index contributed by atoms with van der Waals surface area (Å²) < 4.78 is 0. The molecule has 1 fully saturated rings. The first-order valence-corrected chi connectivity index (χ1v) is 6.77. The highest BCUT2D eigenvalue weighted by Crippen LogP contribution is 2.13. The minimum Gasteiger partial charge on any atom is -0.392 e. The van der Waals surface area contributed by atoms with Crippen molar-refractivity contribution < 1.29 is 9.90 Å². The zero-order valence-electron chi connectivity index (χ0n) is 9.93. The molecule has 1 aliphatic rings. The highest BCUT2D eigenvalue weighted by molar-refractivity contribution is 7.09. The Morgan fingerprint density at radius 1 is 1.76 bits per heavy atom. The van der Waals surface area contributed by atoms with Gasteiger partial charge >= 0.3 is 0 Å². The van der Waals surface area contributed by atoms with Gasteiger partial charge in [-0.05, 0) is 24.8 Å². The number of aliphatic hydroxyl groups excluding tert-OH is 1. The molecule has 0 aliphatic carbocycles. The molecule has 1 aromatic rings. The maximum atomic E-state index is 11.9. The van der Waals surface area contributed by atoms with Gasteiger partial charge in [-0.15, -0.1) is 11.3 Å². The fourth-order valence-electron chi connectivity index (χ4n) is 2.02. The minimum absolute atomic E-state index is 0.0347. The molecule has 5 heteroatoms. The van der Waals surface area contributed by atoms with E-state index >= 15 is 0 Å². The number of β-amino-alcohol motifs (C(OH)–C–C–N with tert-alkyl or cyclic N) is 1. The molecule has 17 heavy (non-hydrogen) atoms. The van der Waals surface area contributed by atoms with Gasteiger partial charge in [0.05, 0.1) is 18.7 Å². The van der Waals surface area contributed by atoms with Gasteiger partial charge in [-0.2, -0.15) is 0 Å². The second-order valence-electron chi connectivity index (χ2n) is 4.41. The van der Waals surface area contributed by atoms with Crippen LogP contribution in [0.4, 0.5) is 0 Å². The molecule has 94 valence electrons. The van der Waals surface area contributed by atoms with Crippen LogP contribution in [0.25, 0.3) is 0 Å². The van der Waals surface area contributed by atoms with Crippen molar-refractivity contribution in [3.8, 4) is 0 Å². The lowest BCUT2D eigenvalue weighted by Crippen LogP contribution is -2.44. The molecule has 0 aromatic carbocycles. The number of amides is 1. The Hall–Kier alpha value is -0.910. The summed E-state index contributed by atoms with van der Waals surface area (Å²) >= 11 is 1.64. The highest BCUT2D eigenvalue weighted by atomic mass is 32.1. The number of carbonyl (C=O) groups excluding carboxylic acids is 1. The van der Waals surface area contributed by atoms with Crippen LogP contribution in [-0.2, 0) is 11.3 Å². The van der Waals surface area contributed by atoms with E-state index in [4.69, 9.17) is 0 Å². The molecule has 1 amide bonds. The van der Waals surface area contributed by atoms with Crippen LogP contribution in [0, 0.1) is 0 Å². The van der Waals surface area contributed by atoms with Crippen molar-refractivity contribution in [1.29, 1.82) is 0 Å². The van der Waals surface area contributed by atoms with Gasteiger partial charge in [0.2, 0.25) is 5.91 Å². The van der Waals surface area contributed by atoms with Crippen molar-refractivity contribution in [1.82, 2.24) is 10.2 Å². The Kier molecular flexibility index (Phi) is 4.15. The van der Waals surface area contributed by atoms with E-state index in [1.807, 2.05) is 29.3 Å². The third-order valence-electron chi connectivity index (χ3n) is 3.14. The molecule has 2 rings (SSSR count). The predicted molar refractivity (Wildman–Crippen MR) is 67.8 cm³/mol. The lowest BCUT2D eigenvalue weighted by Gasteiger charge is -2.22. The van der Waals surface area contributed by atoms with Crippen LogP contribution in [-0.4, -0.2) is 41.1 Å². The van der Waals surface area contributed by atoms with Gasteiger partial charge in [0.25, 0.3) is 0 Å². The molecule has 2 N–H and O–H groups in total. The van der Waals surface area contributed by atoms with E-state index in [-0.39, 0.29) is 18.1 Å². The van der Waals surface area contributed by atoms with Crippen LogP contribution < -0.4 is 5.32 Å². The quantitative estimate of drug-likeness (QED) is 0.836. The summed E-state index contributed by atoms with van der Waals surface area (Å²) in [6.45, 7) is 3.89. The molecule has 2 atom stereocenters. The minimum atomic E-state index is -0.275. The van der Waals surface area contributed by atoms with Crippen molar-refractivity contribution in [3.05, 3.63) is 22.4 Å². The van der Waals surface area contributed by atoms with Crippen LogP contribution in [0.1, 0.15) is 18.2 Å². The van der Waals surface area contributed by atoms with E-state index in [2.05, 4.69) is 5.32 Å². The fourth-order valence-corrected chi connectivity index (χ4v) is 2.67. The van der Waals surface area contributed by atoms with Crippen molar-refractivity contribution in [2.75, 3.05) is 13.1 Å². The van der Waals surface area contributed by atoms with E-state index in [9.17, 15) is 9.90 Å². The first-order chi connectivity index (χ1) is 8.16. The van der Waals surface area contributed by atoms with Crippen LogP contribution in [0.3, 0.4) is 0 Å². The average molecular weight is 254 g/mol. The smallest absolute Gasteiger partial charge is 0.237 e. The predicted octanol–water partition coefficient (Wildman–Crippen LogP) is 0.819. The molecular weight excluding hydrogens is 236 g/mol. The summed E-state index contributed by atoms with van der Waals surface area (Å²) in [4.78, 5) is 15.1. The zero-order chi connectivity index (χ0) is 12.3. The number of nitrogens with one attached hydrogen (secondary N) is 1. The monoisotopic (exact) mass is 254 g/mol. The number of rotatable bonds is 4. The lowest BCUT2D eigenvalue weighted by molar-refractivity contribution is -0.125. The van der Waals surface area contributed by atoms with E-state index in [1.165, 1.54) is 0 Å². The number of carbonyl (C=O) groups is 1. The molecule has 0 spiro atoms. The average Bonchev–Trinajstić information content (AvgIpc) is 2.95. The van der Waals surface area contributed by atoms with Crippen molar-refractivity contribution in [2.45, 2.75) is 32.0 Å². The van der Waals surface area contributed by atoms with Crippen LogP contribution in [0.2, 0.25) is 0 Å². The summed E-state index contributed by atoms with van der Waals surface area (Å²) in [7, 11) is 0. The van der Waals surface area contributed by atoms with E-state index in [0.717, 1.165) is 17.8 Å². The van der Waals surface area contributed by atoms with Gasteiger partial charge < -0.3 is 10.4 Å². The third-order valence-corrected chi connectivity index (χ3v) is 4.02. The van der Waals surface area contributed by atoms with Gasteiger partial charge in [0.1, 0.15) is 0 Å². The molecular formula is C12H18N2O2S. The van der Waals surface area contributed by atoms with Crippen LogP contribution >= 0.6 is 11.3 Å². The molecule has 1 unspecified atom stereocenters. The molecule has 1 saturated heterocycles. The van der Waals surface area contributed by atoms with Gasteiger partial charge in [-0.3, -0.25) is 9.69 Å². The number of nitrogens with zero attached hydrogens (tertiary/aromatic N) is 1. The van der Waals surface area contributed by atoms with Crippen molar-refractivity contribution in [2.24, 2.45) is 0 Å². The fraction of sp³-hybridized carbons (Fsp3) is 0.583. The normalized spacial score (nSPS) is 22.6. The maximum absolute atomic E-state index is 11.9. The lowest BCUT2D eigenvalue weighted by atomic mass is 10.2. The number of hydrogen-bond donors (Lipinski definition) is 2. The SMILES string of the molecule is CC(C(=O)NCc1cccs1)N1CC[C@H](O)C1. The van der Waals surface area contributed by atoms with Gasteiger partial charge in [0.15, 0.2) is 0 Å². The van der Waals surface area contributed by atoms with Gasteiger partial charge in [-0.1, -0.05) is 6.07 Å². The molecule has 4 nitrogen and oxygen atoms in total. The number of aliphatic hydroxyl groups is 1. The number of hydrogen-bond acceptors (Lipinski definition) is 4. The van der Waals surface area contributed by atoms with Gasteiger partial charge in [-0.25, -0.2) is 0 Å². The summed E-state index contributed by atoms with van der Waals surface area (Å²) in [6.07, 6.45) is 0.491. The highest BCUT2D eigenvalue weighted by Gasteiger charge is 2.28. The van der Waals surface area contributed by atoms with Crippen LogP contribution in [0.5, 0.6) is 0 Å². The zero-order valence-corrected chi connectivity index (χ0v) is 10.7. The number of likely N-dealkylation sites (tertiary alicyclic amines) is 1. The van der Waals surface area contributed by atoms with E-state index in [0.29, 0.717) is 13.1 Å². The Bertz CT molecular complexity index is 367. The van der Waals surface area contributed by atoms with E-state index < -0.39 is 0 Å². The first-order valence-electron chi connectivity index (χ1n) is 5.89. The second kappa shape index (κ2) is 5.62. The molecule has 1 aromatic heterocycles. The maximum Gasteiger partial charge on any atom is 0.237 e.